The molecule has 0 fully saturated rings. The minimum Gasteiger partial charge on any atom is -0.453 e. The second kappa shape index (κ2) is 4.08. The molecule has 15 heavy (non-hydrogen) atoms. The zero-order valence-corrected chi connectivity index (χ0v) is 8.82. The molecule has 4 heteroatoms. The van der Waals surface area contributed by atoms with Gasteiger partial charge in [0.2, 0.25) is 6.79 Å². The summed E-state index contributed by atoms with van der Waals surface area (Å²) in [5, 5.41) is 9.54. The molecule has 1 N–H and O–H groups in total. The minimum atomic E-state index is -0.558. The van der Waals surface area contributed by atoms with Crippen molar-refractivity contribution in [3.05, 3.63) is 23.3 Å². The van der Waals surface area contributed by atoms with Crippen LogP contribution in [0.5, 0.6) is 11.5 Å². The quantitative estimate of drug-likeness (QED) is 0.823. The van der Waals surface area contributed by atoms with Gasteiger partial charge < -0.3 is 19.3 Å². The standard InChI is InChI=1S/C11H14O4/c1-7(12)9-4-3-8(5-13-2)10-11(9)15-6-14-10/h3-4,7,12H,5-6H2,1-2H3. The third-order valence-corrected chi connectivity index (χ3v) is 2.38. The highest BCUT2D eigenvalue weighted by molar-refractivity contribution is 5.53. The maximum atomic E-state index is 9.54. The highest BCUT2D eigenvalue weighted by atomic mass is 16.7. The van der Waals surface area contributed by atoms with E-state index in [0.29, 0.717) is 18.1 Å². The summed E-state index contributed by atoms with van der Waals surface area (Å²) in [6.07, 6.45) is -0.558. The molecule has 1 atom stereocenters. The molecular formula is C11H14O4. The lowest BCUT2D eigenvalue weighted by Crippen LogP contribution is -1.96. The zero-order chi connectivity index (χ0) is 10.8. The van der Waals surface area contributed by atoms with Crippen molar-refractivity contribution in [1.29, 1.82) is 0 Å². The van der Waals surface area contributed by atoms with E-state index in [1.54, 1.807) is 14.0 Å². The van der Waals surface area contributed by atoms with Crippen LogP contribution in [0.2, 0.25) is 0 Å². The number of rotatable bonds is 3. The largest absolute Gasteiger partial charge is 0.453 e. The molecule has 0 saturated carbocycles. The Bertz CT molecular complexity index is 360. The molecular weight excluding hydrogens is 196 g/mol. The number of aliphatic hydroxyl groups excluding tert-OH is 1. The van der Waals surface area contributed by atoms with Gasteiger partial charge in [-0.2, -0.15) is 0 Å². The van der Waals surface area contributed by atoms with Gasteiger partial charge in [0.25, 0.3) is 0 Å². The van der Waals surface area contributed by atoms with Crippen LogP contribution in [0.25, 0.3) is 0 Å². The smallest absolute Gasteiger partial charge is 0.231 e. The molecule has 0 bridgehead atoms. The Morgan fingerprint density at radius 2 is 2.13 bits per heavy atom. The van der Waals surface area contributed by atoms with Gasteiger partial charge in [-0.1, -0.05) is 12.1 Å². The molecule has 82 valence electrons. The summed E-state index contributed by atoms with van der Waals surface area (Å²) in [7, 11) is 1.63. The Balaban J connectivity index is 2.44. The Morgan fingerprint density at radius 1 is 1.40 bits per heavy atom. The number of hydrogen-bond acceptors (Lipinski definition) is 4. The highest BCUT2D eigenvalue weighted by Crippen LogP contribution is 2.41. The van der Waals surface area contributed by atoms with Crippen LogP contribution < -0.4 is 9.47 Å². The molecule has 0 radical (unpaired) electrons. The lowest BCUT2D eigenvalue weighted by atomic mass is 10.1. The van der Waals surface area contributed by atoms with Gasteiger partial charge in [-0.25, -0.2) is 0 Å². The zero-order valence-electron chi connectivity index (χ0n) is 8.82. The fourth-order valence-corrected chi connectivity index (χ4v) is 1.67. The average Bonchev–Trinajstić information content (AvgIpc) is 2.66. The van der Waals surface area contributed by atoms with Gasteiger partial charge in [0.1, 0.15) is 0 Å². The molecule has 0 saturated heterocycles. The molecule has 1 heterocycles. The third kappa shape index (κ3) is 1.78. The minimum absolute atomic E-state index is 0.204. The number of aliphatic hydroxyl groups is 1. The van der Waals surface area contributed by atoms with Crippen LogP contribution in [0.1, 0.15) is 24.2 Å². The van der Waals surface area contributed by atoms with Gasteiger partial charge in [-0.3, -0.25) is 0 Å². The first-order valence-corrected chi connectivity index (χ1v) is 4.82. The summed E-state index contributed by atoms with van der Waals surface area (Å²) in [6, 6.07) is 3.73. The summed E-state index contributed by atoms with van der Waals surface area (Å²) >= 11 is 0. The molecule has 1 aliphatic heterocycles. The van der Waals surface area contributed by atoms with Crippen LogP contribution in [-0.4, -0.2) is 19.0 Å². The number of benzene rings is 1. The van der Waals surface area contributed by atoms with E-state index in [4.69, 9.17) is 14.2 Å². The molecule has 0 aromatic heterocycles. The molecule has 2 rings (SSSR count). The van der Waals surface area contributed by atoms with Crippen molar-refractivity contribution in [3.63, 3.8) is 0 Å². The Morgan fingerprint density at radius 3 is 2.80 bits per heavy atom. The van der Waals surface area contributed by atoms with Crippen LogP contribution in [0.4, 0.5) is 0 Å². The van der Waals surface area contributed by atoms with Crippen LogP contribution in [0.15, 0.2) is 12.1 Å². The molecule has 1 aliphatic rings. The summed E-state index contributed by atoms with van der Waals surface area (Å²) in [5.41, 5.74) is 1.69. The third-order valence-electron chi connectivity index (χ3n) is 2.38. The molecule has 4 nitrogen and oxygen atoms in total. The van der Waals surface area contributed by atoms with Crippen molar-refractivity contribution in [3.8, 4) is 11.5 Å². The highest BCUT2D eigenvalue weighted by Gasteiger charge is 2.23. The first-order chi connectivity index (χ1) is 7.24. The second-order valence-corrected chi connectivity index (χ2v) is 3.49. The Labute approximate surface area is 88.4 Å². The van der Waals surface area contributed by atoms with Gasteiger partial charge in [0.15, 0.2) is 11.5 Å². The van der Waals surface area contributed by atoms with Crippen LogP contribution >= 0.6 is 0 Å². The Hall–Kier alpha value is -1.26. The second-order valence-electron chi connectivity index (χ2n) is 3.49. The number of fused-ring (bicyclic) bond motifs is 1. The van der Waals surface area contributed by atoms with Crippen molar-refractivity contribution >= 4 is 0 Å². The van der Waals surface area contributed by atoms with E-state index < -0.39 is 6.10 Å². The monoisotopic (exact) mass is 210 g/mol. The van der Waals surface area contributed by atoms with E-state index in [9.17, 15) is 5.11 Å². The number of hydrogen-bond donors (Lipinski definition) is 1. The van der Waals surface area contributed by atoms with Crippen molar-refractivity contribution in [2.45, 2.75) is 19.6 Å². The molecule has 1 unspecified atom stereocenters. The predicted molar refractivity (Wildman–Crippen MR) is 53.9 cm³/mol. The lowest BCUT2D eigenvalue weighted by Gasteiger charge is -2.11. The van der Waals surface area contributed by atoms with Gasteiger partial charge in [-0.05, 0) is 6.92 Å². The molecule has 0 aliphatic carbocycles. The maximum Gasteiger partial charge on any atom is 0.231 e. The van der Waals surface area contributed by atoms with Crippen molar-refractivity contribution in [1.82, 2.24) is 0 Å². The van der Waals surface area contributed by atoms with Crippen molar-refractivity contribution in [2.75, 3.05) is 13.9 Å². The van der Waals surface area contributed by atoms with Crippen LogP contribution in [-0.2, 0) is 11.3 Å². The van der Waals surface area contributed by atoms with Crippen LogP contribution in [0.3, 0.4) is 0 Å². The summed E-state index contributed by atoms with van der Waals surface area (Å²) < 4.78 is 15.8. The molecule has 0 spiro atoms. The van der Waals surface area contributed by atoms with E-state index in [-0.39, 0.29) is 6.79 Å². The summed E-state index contributed by atoms with van der Waals surface area (Å²) in [4.78, 5) is 0. The first kappa shape index (κ1) is 10.3. The van der Waals surface area contributed by atoms with E-state index in [1.165, 1.54) is 0 Å². The summed E-state index contributed by atoms with van der Waals surface area (Å²) in [6.45, 7) is 2.38. The van der Waals surface area contributed by atoms with Crippen molar-refractivity contribution in [2.24, 2.45) is 0 Å². The first-order valence-electron chi connectivity index (χ1n) is 4.82. The van der Waals surface area contributed by atoms with E-state index in [2.05, 4.69) is 0 Å². The molecule has 0 amide bonds. The number of ether oxygens (including phenoxy) is 3. The number of methoxy groups -OCH3 is 1. The lowest BCUT2D eigenvalue weighted by molar-refractivity contribution is 0.158. The van der Waals surface area contributed by atoms with Gasteiger partial charge in [0, 0.05) is 18.2 Å². The van der Waals surface area contributed by atoms with Gasteiger partial charge in [0.05, 0.1) is 12.7 Å². The fraction of sp³-hybridized carbons (Fsp3) is 0.455. The normalized spacial score (nSPS) is 15.4. The van der Waals surface area contributed by atoms with E-state index in [0.717, 1.165) is 11.1 Å². The van der Waals surface area contributed by atoms with Gasteiger partial charge >= 0.3 is 0 Å². The fourth-order valence-electron chi connectivity index (χ4n) is 1.67. The Kier molecular flexibility index (Phi) is 2.79. The SMILES string of the molecule is COCc1ccc(C(C)O)c2c1OCO2. The maximum absolute atomic E-state index is 9.54. The molecule has 1 aromatic rings. The average molecular weight is 210 g/mol. The van der Waals surface area contributed by atoms with Gasteiger partial charge in [-0.15, -0.1) is 0 Å². The topological polar surface area (TPSA) is 47.9 Å². The summed E-state index contributed by atoms with van der Waals surface area (Å²) in [5.74, 6) is 1.33. The van der Waals surface area contributed by atoms with E-state index >= 15 is 0 Å². The van der Waals surface area contributed by atoms with Crippen LogP contribution in [0, 0.1) is 0 Å². The molecule has 1 aromatic carbocycles. The van der Waals surface area contributed by atoms with Crippen molar-refractivity contribution < 1.29 is 19.3 Å². The van der Waals surface area contributed by atoms with E-state index in [1.807, 2.05) is 12.1 Å². The predicted octanol–water partition coefficient (Wildman–Crippen LogP) is 1.61.